The standard InChI is InChI=1S/C21H37NO6S2/c1-12(2)7-16(20(25)26)9-18(23)14(5)10-29-30-11-15(6)19(24)22-17(21(27)28)8-13(3)4/h12-17H,7-11H2,1-6H3,(H,22,24)(H,25,26)(H,27,28)/t14-,15-,16+,17-/m0/s1. The highest BCUT2D eigenvalue weighted by molar-refractivity contribution is 8.76. The Morgan fingerprint density at radius 1 is 0.767 bits per heavy atom. The molecule has 0 aromatic carbocycles. The second-order valence-corrected chi connectivity index (χ2v) is 11.3. The highest BCUT2D eigenvalue weighted by Crippen LogP contribution is 2.28. The molecule has 0 unspecified atom stereocenters. The maximum atomic E-state index is 12.3. The van der Waals surface area contributed by atoms with Crippen LogP contribution < -0.4 is 5.32 Å². The van der Waals surface area contributed by atoms with Crippen LogP contribution in [0.15, 0.2) is 0 Å². The van der Waals surface area contributed by atoms with E-state index in [4.69, 9.17) is 0 Å². The number of hydrogen-bond donors (Lipinski definition) is 3. The predicted molar refractivity (Wildman–Crippen MR) is 122 cm³/mol. The second kappa shape index (κ2) is 14.7. The monoisotopic (exact) mass is 463 g/mol. The van der Waals surface area contributed by atoms with E-state index in [0.29, 0.717) is 24.3 Å². The lowest BCUT2D eigenvalue weighted by atomic mass is 9.90. The zero-order chi connectivity index (χ0) is 23.4. The maximum Gasteiger partial charge on any atom is 0.326 e. The van der Waals surface area contributed by atoms with Gasteiger partial charge < -0.3 is 15.5 Å². The first-order valence-electron chi connectivity index (χ1n) is 10.4. The molecule has 4 atom stereocenters. The molecule has 1 amide bonds. The molecule has 7 nitrogen and oxygen atoms in total. The van der Waals surface area contributed by atoms with Crippen molar-refractivity contribution in [3.05, 3.63) is 0 Å². The van der Waals surface area contributed by atoms with Crippen LogP contribution in [0.3, 0.4) is 0 Å². The van der Waals surface area contributed by atoms with Gasteiger partial charge in [0.2, 0.25) is 5.91 Å². The van der Waals surface area contributed by atoms with E-state index in [1.165, 1.54) is 21.6 Å². The van der Waals surface area contributed by atoms with Crippen molar-refractivity contribution in [1.29, 1.82) is 0 Å². The molecular formula is C21H37NO6S2. The third-order valence-electron chi connectivity index (χ3n) is 4.59. The van der Waals surface area contributed by atoms with E-state index in [0.717, 1.165) is 0 Å². The zero-order valence-corrected chi connectivity index (χ0v) is 20.5. The first-order chi connectivity index (χ1) is 13.8. The van der Waals surface area contributed by atoms with Gasteiger partial charge in [0.05, 0.1) is 5.92 Å². The van der Waals surface area contributed by atoms with Crippen LogP contribution in [0.4, 0.5) is 0 Å². The number of carboxylic acids is 2. The second-order valence-electron chi connectivity index (χ2n) is 8.74. The third-order valence-corrected chi connectivity index (χ3v) is 7.35. The molecule has 0 saturated heterocycles. The third kappa shape index (κ3) is 12.5. The summed E-state index contributed by atoms with van der Waals surface area (Å²) in [6.45, 7) is 11.2. The SMILES string of the molecule is CC(C)C[C@H](CC(=O)[C@@H](C)CSSC[C@H](C)C(=O)N[C@@H](CC(C)C)C(=O)O)C(=O)O. The predicted octanol–water partition coefficient (Wildman–Crippen LogP) is 3.96. The molecule has 0 aliphatic heterocycles. The summed E-state index contributed by atoms with van der Waals surface area (Å²) in [6.07, 6.45) is 0.908. The van der Waals surface area contributed by atoms with Crippen molar-refractivity contribution >= 4 is 45.2 Å². The summed E-state index contributed by atoms with van der Waals surface area (Å²) in [6, 6.07) is -0.886. The normalized spacial score (nSPS) is 15.5. The highest BCUT2D eigenvalue weighted by Gasteiger charge is 2.26. The molecule has 0 radical (unpaired) electrons. The Bertz CT molecular complexity index is 532. The van der Waals surface area contributed by atoms with Crippen molar-refractivity contribution in [2.45, 2.75) is 66.8 Å². The summed E-state index contributed by atoms with van der Waals surface area (Å²) in [5, 5.41) is 21.1. The van der Waals surface area contributed by atoms with Gasteiger partial charge in [-0.05, 0) is 24.7 Å². The Labute approximate surface area is 187 Å². The van der Waals surface area contributed by atoms with Crippen LogP contribution in [0.5, 0.6) is 0 Å². The topological polar surface area (TPSA) is 121 Å². The molecule has 0 aliphatic rings. The fraction of sp³-hybridized carbons (Fsp3) is 0.810. The largest absolute Gasteiger partial charge is 0.481 e. The molecule has 0 fully saturated rings. The van der Waals surface area contributed by atoms with Crippen LogP contribution in [0, 0.1) is 29.6 Å². The van der Waals surface area contributed by atoms with Crippen LogP contribution in [-0.2, 0) is 19.2 Å². The Balaban J connectivity index is 4.36. The van der Waals surface area contributed by atoms with E-state index < -0.39 is 23.9 Å². The lowest BCUT2D eigenvalue weighted by Gasteiger charge is -2.19. The highest BCUT2D eigenvalue weighted by atomic mass is 33.1. The smallest absolute Gasteiger partial charge is 0.326 e. The molecule has 174 valence electrons. The Morgan fingerprint density at radius 3 is 1.70 bits per heavy atom. The van der Waals surface area contributed by atoms with Crippen LogP contribution in [-0.4, -0.2) is 51.4 Å². The minimum Gasteiger partial charge on any atom is -0.481 e. The number of carbonyl (C=O) groups excluding carboxylic acids is 2. The average molecular weight is 464 g/mol. The van der Waals surface area contributed by atoms with E-state index in [9.17, 15) is 29.4 Å². The molecular weight excluding hydrogens is 426 g/mol. The number of hydrogen-bond acceptors (Lipinski definition) is 6. The molecule has 0 aliphatic carbocycles. The molecule has 0 spiro atoms. The minimum atomic E-state index is -1.03. The van der Waals surface area contributed by atoms with Crippen molar-refractivity contribution < 1.29 is 29.4 Å². The fourth-order valence-corrected chi connectivity index (χ4v) is 5.50. The van der Waals surface area contributed by atoms with Crippen molar-refractivity contribution in [1.82, 2.24) is 5.32 Å². The van der Waals surface area contributed by atoms with Gasteiger partial charge in [0.25, 0.3) is 0 Å². The molecule has 0 rings (SSSR count). The van der Waals surface area contributed by atoms with Gasteiger partial charge in [-0.25, -0.2) is 4.79 Å². The quantitative estimate of drug-likeness (QED) is 0.232. The van der Waals surface area contributed by atoms with E-state index in [-0.39, 0.29) is 41.8 Å². The van der Waals surface area contributed by atoms with Crippen LogP contribution in [0.25, 0.3) is 0 Å². The van der Waals surface area contributed by atoms with Gasteiger partial charge in [0, 0.05) is 29.8 Å². The number of Topliss-reactive ketones (excluding diaryl/α,β-unsaturated/α-hetero) is 1. The van der Waals surface area contributed by atoms with E-state index >= 15 is 0 Å². The number of carboxylic acid groups (broad SMARTS) is 2. The van der Waals surface area contributed by atoms with E-state index in [1.807, 2.05) is 27.7 Å². The summed E-state index contributed by atoms with van der Waals surface area (Å²) >= 11 is 0. The summed E-state index contributed by atoms with van der Waals surface area (Å²) < 4.78 is 0. The summed E-state index contributed by atoms with van der Waals surface area (Å²) in [5.74, 6) is -2.16. The first kappa shape index (κ1) is 28.8. The molecule has 0 heterocycles. The summed E-state index contributed by atoms with van der Waals surface area (Å²) in [5.41, 5.74) is 0. The van der Waals surface area contributed by atoms with Crippen LogP contribution in [0.2, 0.25) is 0 Å². The molecule has 0 aromatic heterocycles. The number of rotatable bonds is 16. The first-order valence-corrected chi connectivity index (χ1v) is 12.9. The molecule has 0 saturated carbocycles. The maximum absolute atomic E-state index is 12.3. The Morgan fingerprint density at radius 2 is 1.27 bits per heavy atom. The van der Waals surface area contributed by atoms with Gasteiger partial charge in [-0.15, -0.1) is 0 Å². The van der Waals surface area contributed by atoms with Crippen molar-refractivity contribution in [3.63, 3.8) is 0 Å². The van der Waals surface area contributed by atoms with Gasteiger partial charge >= 0.3 is 11.9 Å². The lowest BCUT2D eigenvalue weighted by molar-refractivity contribution is -0.144. The van der Waals surface area contributed by atoms with E-state index in [2.05, 4.69) is 5.32 Å². The van der Waals surface area contributed by atoms with Gasteiger partial charge in [0.15, 0.2) is 0 Å². The Hall–Kier alpha value is -1.22. The number of ketones is 1. The molecule has 9 heteroatoms. The number of amides is 1. The van der Waals surface area contributed by atoms with Gasteiger partial charge in [-0.1, -0.05) is 63.1 Å². The number of carbonyl (C=O) groups is 4. The van der Waals surface area contributed by atoms with Crippen molar-refractivity contribution in [3.8, 4) is 0 Å². The van der Waals surface area contributed by atoms with E-state index in [1.54, 1.807) is 13.8 Å². The Kier molecular flexibility index (Phi) is 14.1. The van der Waals surface area contributed by atoms with Gasteiger partial charge in [0.1, 0.15) is 11.8 Å². The lowest BCUT2D eigenvalue weighted by Crippen LogP contribution is -2.44. The van der Waals surface area contributed by atoms with Crippen LogP contribution >= 0.6 is 21.6 Å². The molecule has 30 heavy (non-hydrogen) atoms. The van der Waals surface area contributed by atoms with Crippen molar-refractivity contribution in [2.24, 2.45) is 29.6 Å². The van der Waals surface area contributed by atoms with Gasteiger partial charge in [-0.3, -0.25) is 14.4 Å². The van der Waals surface area contributed by atoms with Crippen LogP contribution in [0.1, 0.15) is 60.8 Å². The van der Waals surface area contributed by atoms with Crippen molar-refractivity contribution in [2.75, 3.05) is 11.5 Å². The molecule has 3 N–H and O–H groups in total. The zero-order valence-electron chi connectivity index (χ0n) is 18.8. The summed E-state index contributed by atoms with van der Waals surface area (Å²) in [7, 11) is 2.93. The summed E-state index contributed by atoms with van der Waals surface area (Å²) in [4.78, 5) is 47.2. The molecule has 0 aromatic rings. The number of aliphatic carboxylic acids is 2. The minimum absolute atomic E-state index is 0.0468. The molecule has 0 bridgehead atoms. The number of nitrogens with one attached hydrogen (secondary N) is 1. The van der Waals surface area contributed by atoms with Gasteiger partial charge in [-0.2, -0.15) is 0 Å². The fourth-order valence-electron chi connectivity index (χ4n) is 2.76. The average Bonchev–Trinajstić information content (AvgIpc) is 2.62.